The fourth-order valence-corrected chi connectivity index (χ4v) is 6.47. The summed E-state index contributed by atoms with van der Waals surface area (Å²) in [5.41, 5.74) is 1.45. The molecule has 1 aliphatic carbocycles. The minimum atomic E-state index is -4.48. The molecular weight excluding hydrogens is 628 g/mol. The van der Waals surface area contributed by atoms with Crippen LogP contribution in [0, 0.1) is 11.8 Å². The number of piperidine rings is 1. The van der Waals surface area contributed by atoms with Crippen molar-refractivity contribution in [2.75, 3.05) is 49.3 Å². The SMILES string of the molecule is CCOC1CC(S(C)(=O)=O)=CC=C1NCC#CC1Cc2c(NC3CCN(C(=O)OC(C)(C)C)C[C@@H]3F)cccc2N1CC(F)(F)F. The zero-order valence-corrected chi connectivity index (χ0v) is 27.5. The Kier molecular flexibility index (Phi) is 10.9. The first-order chi connectivity index (χ1) is 21.4. The van der Waals surface area contributed by atoms with E-state index in [-0.39, 0.29) is 37.4 Å². The molecule has 2 aliphatic heterocycles. The van der Waals surface area contributed by atoms with Crippen LogP contribution in [0.3, 0.4) is 0 Å². The van der Waals surface area contributed by atoms with Crippen LogP contribution in [-0.4, -0.2) is 94.6 Å². The van der Waals surface area contributed by atoms with Crippen LogP contribution in [0.1, 0.15) is 46.1 Å². The first-order valence-electron chi connectivity index (χ1n) is 15.2. The Morgan fingerprint density at radius 1 is 1.15 bits per heavy atom. The summed E-state index contributed by atoms with van der Waals surface area (Å²) in [4.78, 5) is 15.2. The molecule has 0 radical (unpaired) electrons. The van der Waals surface area contributed by atoms with Crippen LogP contribution in [0.5, 0.6) is 0 Å². The molecule has 46 heavy (non-hydrogen) atoms. The summed E-state index contributed by atoms with van der Waals surface area (Å²) < 4.78 is 91.4. The van der Waals surface area contributed by atoms with Gasteiger partial charge >= 0.3 is 12.3 Å². The van der Waals surface area contributed by atoms with Crippen LogP contribution in [0.25, 0.3) is 0 Å². The van der Waals surface area contributed by atoms with Gasteiger partial charge in [-0.25, -0.2) is 17.6 Å². The van der Waals surface area contributed by atoms with E-state index in [2.05, 4.69) is 22.5 Å². The zero-order chi connectivity index (χ0) is 33.9. The zero-order valence-electron chi connectivity index (χ0n) is 26.7. The number of alkyl halides is 4. The van der Waals surface area contributed by atoms with Gasteiger partial charge in [-0.15, -0.1) is 0 Å². The average Bonchev–Trinajstić information content (AvgIpc) is 3.28. The van der Waals surface area contributed by atoms with Crippen molar-refractivity contribution in [2.24, 2.45) is 0 Å². The Morgan fingerprint density at radius 3 is 2.52 bits per heavy atom. The van der Waals surface area contributed by atoms with Crippen LogP contribution >= 0.6 is 0 Å². The van der Waals surface area contributed by atoms with Crippen molar-refractivity contribution in [3.8, 4) is 11.8 Å². The lowest BCUT2D eigenvalue weighted by Gasteiger charge is -2.36. The minimum absolute atomic E-state index is 0.106. The molecule has 3 unspecified atom stereocenters. The molecule has 1 saturated heterocycles. The molecule has 0 spiro atoms. The molecule has 1 aromatic carbocycles. The predicted octanol–water partition coefficient (Wildman–Crippen LogP) is 4.95. The Morgan fingerprint density at radius 2 is 1.89 bits per heavy atom. The third kappa shape index (κ3) is 9.31. The van der Waals surface area contributed by atoms with Gasteiger partial charge in [0.05, 0.1) is 25.2 Å². The van der Waals surface area contributed by atoms with Gasteiger partial charge in [0, 0.05) is 59.8 Å². The smallest absolute Gasteiger partial charge is 0.410 e. The number of carbonyl (C=O) groups is 1. The standard InChI is InChI=1S/C32H42F4N4O5S/c1-6-44-29-18-22(46(5,42)43)12-13-27(29)37-15-8-9-21-17-23-25(10-7-11-28(23)40(21)20-32(34,35)36)38-26-14-16-39(19-24(26)33)30(41)45-31(2,3)4/h7,10-13,21,24,26,29,37-38H,6,14-20H2,1-5H3/t21?,24-,26?,29?/m0/s1. The largest absolute Gasteiger partial charge is 0.444 e. The van der Waals surface area contributed by atoms with E-state index in [4.69, 9.17) is 9.47 Å². The summed E-state index contributed by atoms with van der Waals surface area (Å²) >= 11 is 0. The first kappa shape index (κ1) is 35.4. The molecule has 2 N–H and O–H groups in total. The number of likely N-dealkylation sites (tertiary alicyclic amines) is 1. The fraction of sp³-hybridized carbons (Fsp3) is 0.594. The van der Waals surface area contributed by atoms with E-state index in [1.807, 2.05) is 0 Å². The maximum absolute atomic E-state index is 15.3. The molecule has 1 fully saturated rings. The lowest BCUT2D eigenvalue weighted by atomic mass is 10.0. The van der Waals surface area contributed by atoms with E-state index in [1.54, 1.807) is 52.0 Å². The molecule has 0 aromatic heterocycles. The number of hydrogen-bond donors (Lipinski definition) is 2. The van der Waals surface area contributed by atoms with Crippen molar-refractivity contribution >= 4 is 27.3 Å². The number of halogens is 4. The Bertz CT molecular complexity index is 1510. The van der Waals surface area contributed by atoms with Gasteiger partial charge in [0.15, 0.2) is 9.84 Å². The van der Waals surface area contributed by atoms with Crippen LogP contribution in [0.15, 0.2) is 41.0 Å². The lowest BCUT2D eigenvalue weighted by molar-refractivity contribution is -0.120. The molecule has 0 saturated carbocycles. The molecule has 14 heteroatoms. The molecule has 254 valence electrons. The van der Waals surface area contributed by atoms with Gasteiger partial charge in [-0.1, -0.05) is 17.9 Å². The Balaban J connectivity index is 1.47. The number of ether oxygens (including phenoxy) is 2. The second-order valence-corrected chi connectivity index (χ2v) is 14.7. The van der Waals surface area contributed by atoms with Crippen molar-refractivity contribution < 1.29 is 40.2 Å². The summed E-state index contributed by atoms with van der Waals surface area (Å²) in [7, 11) is -3.38. The third-order valence-corrected chi connectivity index (χ3v) is 9.05. The Hall–Kier alpha value is -3.44. The van der Waals surface area contributed by atoms with Crippen LogP contribution in [-0.2, 0) is 25.7 Å². The van der Waals surface area contributed by atoms with E-state index >= 15 is 4.39 Å². The maximum atomic E-state index is 15.3. The number of hydrogen-bond acceptors (Lipinski definition) is 8. The number of nitrogens with zero attached hydrogens (tertiary/aromatic N) is 2. The molecule has 4 rings (SSSR count). The summed E-state index contributed by atoms with van der Waals surface area (Å²) in [5.74, 6) is 5.90. The van der Waals surface area contributed by atoms with Gasteiger partial charge in [0.1, 0.15) is 24.4 Å². The molecule has 9 nitrogen and oxygen atoms in total. The number of nitrogens with one attached hydrogen (secondary N) is 2. The number of allylic oxidation sites excluding steroid dienone is 2. The average molecular weight is 671 g/mol. The summed E-state index contributed by atoms with van der Waals surface area (Å²) in [5, 5.41) is 6.31. The number of sulfone groups is 1. The number of carbonyl (C=O) groups excluding carboxylic acids is 1. The minimum Gasteiger partial charge on any atom is -0.444 e. The number of benzene rings is 1. The Labute approximate surface area is 268 Å². The van der Waals surface area contributed by atoms with Crippen molar-refractivity contribution in [1.82, 2.24) is 10.2 Å². The molecule has 1 amide bonds. The highest BCUT2D eigenvalue weighted by Crippen LogP contribution is 2.39. The van der Waals surface area contributed by atoms with Crippen molar-refractivity contribution in [2.45, 2.75) is 83.1 Å². The van der Waals surface area contributed by atoms with E-state index in [0.29, 0.717) is 35.7 Å². The lowest BCUT2D eigenvalue weighted by Crippen LogP contribution is -2.51. The van der Waals surface area contributed by atoms with Gasteiger partial charge < -0.3 is 29.9 Å². The van der Waals surface area contributed by atoms with Gasteiger partial charge in [0.25, 0.3) is 0 Å². The number of anilines is 2. The van der Waals surface area contributed by atoms with Gasteiger partial charge in [0.2, 0.25) is 0 Å². The van der Waals surface area contributed by atoms with Crippen molar-refractivity contribution in [3.05, 3.63) is 46.5 Å². The molecular formula is C32H42F4N4O5S. The topological polar surface area (TPSA) is 100 Å². The van der Waals surface area contributed by atoms with Crippen LogP contribution in [0.4, 0.5) is 33.7 Å². The fourth-order valence-electron chi connectivity index (χ4n) is 5.71. The quantitative estimate of drug-likeness (QED) is 0.296. The highest BCUT2D eigenvalue weighted by Gasteiger charge is 2.40. The molecule has 3 aliphatic rings. The van der Waals surface area contributed by atoms with E-state index in [0.717, 1.165) is 6.26 Å². The van der Waals surface area contributed by atoms with Crippen molar-refractivity contribution in [3.63, 3.8) is 0 Å². The van der Waals surface area contributed by atoms with Crippen LogP contribution in [0.2, 0.25) is 0 Å². The highest BCUT2D eigenvalue weighted by atomic mass is 32.2. The highest BCUT2D eigenvalue weighted by molar-refractivity contribution is 7.94. The summed E-state index contributed by atoms with van der Waals surface area (Å²) in [6.45, 7) is 6.39. The number of amides is 1. The van der Waals surface area contributed by atoms with E-state index < -0.39 is 58.6 Å². The van der Waals surface area contributed by atoms with E-state index in [1.165, 1.54) is 15.9 Å². The number of fused-ring (bicyclic) bond motifs is 1. The normalized spacial score (nSPS) is 23.5. The van der Waals surface area contributed by atoms with Gasteiger partial charge in [-0.05, 0) is 58.4 Å². The second-order valence-electron chi connectivity index (χ2n) is 12.6. The molecule has 2 heterocycles. The third-order valence-electron chi connectivity index (χ3n) is 7.79. The molecule has 4 atom stereocenters. The number of rotatable bonds is 8. The van der Waals surface area contributed by atoms with Crippen LogP contribution < -0.4 is 15.5 Å². The molecule has 0 bridgehead atoms. The van der Waals surface area contributed by atoms with Crippen molar-refractivity contribution in [1.29, 1.82) is 0 Å². The summed E-state index contributed by atoms with van der Waals surface area (Å²) in [6, 6.07) is 3.53. The first-order valence-corrected chi connectivity index (χ1v) is 17.1. The predicted molar refractivity (Wildman–Crippen MR) is 169 cm³/mol. The maximum Gasteiger partial charge on any atom is 0.410 e. The van der Waals surface area contributed by atoms with Gasteiger partial charge in [-0.3, -0.25) is 0 Å². The second kappa shape index (κ2) is 14.1. The monoisotopic (exact) mass is 670 g/mol. The van der Waals surface area contributed by atoms with E-state index in [9.17, 15) is 26.4 Å². The molecule has 1 aromatic rings. The van der Waals surface area contributed by atoms with Gasteiger partial charge in [-0.2, -0.15) is 13.2 Å². The summed E-state index contributed by atoms with van der Waals surface area (Å²) in [6.07, 6.45) is -2.06.